The molecule has 2 heterocycles. The second-order valence-corrected chi connectivity index (χ2v) is 5.27. The van der Waals surface area contributed by atoms with Gasteiger partial charge in [-0.3, -0.25) is 0 Å². The lowest BCUT2D eigenvalue weighted by molar-refractivity contribution is 0.558. The lowest BCUT2D eigenvalue weighted by Crippen LogP contribution is -2.26. The van der Waals surface area contributed by atoms with Crippen molar-refractivity contribution in [1.29, 1.82) is 5.26 Å². The van der Waals surface area contributed by atoms with Gasteiger partial charge in [-0.2, -0.15) is 5.26 Å². The summed E-state index contributed by atoms with van der Waals surface area (Å²) in [6.07, 6.45) is 6.51. The molecule has 0 amide bonds. The Hall–Kier alpha value is -1.21. The highest BCUT2D eigenvalue weighted by molar-refractivity contribution is 7.17. The molecule has 1 saturated heterocycles. The summed E-state index contributed by atoms with van der Waals surface area (Å²) in [7, 11) is 0. The van der Waals surface area contributed by atoms with Crippen LogP contribution < -0.4 is 10.6 Å². The number of nitrogens with zero attached hydrogens (tertiary/aromatic N) is 2. The standard InChI is InChI=1S/C12H17N3S/c13-9-11-10(14)8-12(16-11)15-6-4-2-1-3-5-7-15/h8H,1-7,14H2. The summed E-state index contributed by atoms with van der Waals surface area (Å²) < 4.78 is 0. The molecule has 3 nitrogen and oxygen atoms in total. The van der Waals surface area contributed by atoms with Gasteiger partial charge in [0.15, 0.2) is 0 Å². The molecule has 0 aromatic carbocycles. The zero-order chi connectivity index (χ0) is 11.4. The van der Waals surface area contributed by atoms with E-state index in [1.807, 2.05) is 6.07 Å². The molecule has 0 bridgehead atoms. The van der Waals surface area contributed by atoms with Crippen molar-refractivity contribution in [2.45, 2.75) is 32.1 Å². The number of hydrogen-bond donors (Lipinski definition) is 1. The minimum atomic E-state index is 0.629. The first-order valence-corrected chi connectivity index (χ1v) is 6.67. The van der Waals surface area contributed by atoms with Crippen LogP contribution in [0.4, 0.5) is 10.7 Å². The van der Waals surface area contributed by atoms with Crippen molar-refractivity contribution >= 4 is 22.0 Å². The van der Waals surface area contributed by atoms with Crippen molar-refractivity contribution in [3.63, 3.8) is 0 Å². The van der Waals surface area contributed by atoms with Crippen LogP contribution in [0.3, 0.4) is 0 Å². The number of rotatable bonds is 1. The number of nitrogen functional groups attached to an aromatic ring is 1. The predicted octanol–water partition coefficient (Wildman–Crippen LogP) is 2.97. The fourth-order valence-corrected chi connectivity index (χ4v) is 3.03. The van der Waals surface area contributed by atoms with Crippen LogP contribution in [0.5, 0.6) is 0 Å². The maximum atomic E-state index is 8.89. The van der Waals surface area contributed by atoms with Gasteiger partial charge in [0.2, 0.25) is 0 Å². The molecule has 1 aromatic rings. The minimum Gasteiger partial charge on any atom is -0.397 e. The van der Waals surface area contributed by atoms with Gasteiger partial charge in [-0.05, 0) is 18.9 Å². The molecular formula is C12H17N3S. The summed E-state index contributed by atoms with van der Waals surface area (Å²) in [4.78, 5) is 3.03. The Labute approximate surface area is 100 Å². The summed E-state index contributed by atoms with van der Waals surface area (Å²) in [5, 5.41) is 10.1. The summed E-state index contributed by atoms with van der Waals surface area (Å²) in [5.41, 5.74) is 6.42. The average molecular weight is 235 g/mol. The van der Waals surface area contributed by atoms with E-state index in [1.54, 1.807) is 0 Å². The molecule has 1 aliphatic rings. The highest BCUT2D eigenvalue weighted by Gasteiger charge is 2.13. The quantitative estimate of drug-likeness (QED) is 0.814. The van der Waals surface area contributed by atoms with Crippen LogP contribution in [-0.4, -0.2) is 13.1 Å². The Balaban J connectivity index is 2.11. The highest BCUT2D eigenvalue weighted by Crippen LogP contribution is 2.32. The van der Waals surface area contributed by atoms with Crippen LogP contribution >= 0.6 is 11.3 Å². The summed E-state index contributed by atoms with van der Waals surface area (Å²) in [5.74, 6) is 0. The topological polar surface area (TPSA) is 53.0 Å². The number of nitriles is 1. The van der Waals surface area contributed by atoms with Crippen LogP contribution in [0.15, 0.2) is 6.07 Å². The molecule has 86 valence electrons. The first-order valence-electron chi connectivity index (χ1n) is 5.85. The zero-order valence-electron chi connectivity index (χ0n) is 9.41. The number of nitrogens with two attached hydrogens (primary N) is 1. The molecule has 0 unspecified atom stereocenters. The Bertz CT molecular complexity index is 383. The number of thiophene rings is 1. The van der Waals surface area contributed by atoms with Gasteiger partial charge in [-0.1, -0.05) is 19.3 Å². The van der Waals surface area contributed by atoms with E-state index in [2.05, 4.69) is 11.0 Å². The smallest absolute Gasteiger partial charge is 0.129 e. The Morgan fingerprint density at radius 1 is 1.19 bits per heavy atom. The van der Waals surface area contributed by atoms with E-state index in [9.17, 15) is 0 Å². The minimum absolute atomic E-state index is 0.629. The fourth-order valence-electron chi connectivity index (χ4n) is 2.10. The van der Waals surface area contributed by atoms with E-state index in [0.717, 1.165) is 18.1 Å². The van der Waals surface area contributed by atoms with E-state index >= 15 is 0 Å². The van der Waals surface area contributed by atoms with Crippen molar-refractivity contribution < 1.29 is 0 Å². The van der Waals surface area contributed by atoms with Crippen molar-refractivity contribution in [1.82, 2.24) is 0 Å². The van der Waals surface area contributed by atoms with Crippen molar-refractivity contribution in [2.24, 2.45) is 0 Å². The van der Waals surface area contributed by atoms with Crippen molar-refractivity contribution in [3.8, 4) is 6.07 Å². The van der Waals surface area contributed by atoms with E-state index in [-0.39, 0.29) is 0 Å². The zero-order valence-corrected chi connectivity index (χ0v) is 10.2. The maximum Gasteiger partial charge on any atom is 0.129 e. The lowest BCUT2D eigenvalue weighted by atomic mass is 10.1. The first-order chi connectivity index (χ1) is 7.81. The van der Waals surface area contributed by atoms with Crippen LogP contribution in [0, 0.1) is 11.3 Å². The summed E-state index contributed by atoms with van der Waals surface area (Å²) in [6, 6.07) is 4.10. The normalized spacial score (nSPS) is 17.6. The number of anilines is 2. The summed E-state index contributed by atoms with van der Waals surface area (Å²) in [6.45, 7) is 2.20. The molecule has 0 spiro atoms. The van der Waals surface area contributed by atoms with E-state index in [0.29, 0.717) is 10.6 Å². The van der Waals surface area contributed by atoms with Gasteiger partial charge in [0.05, 0.1) is 10.7 Å². The summed E-state index contributed by atoms with van der Waals surface area (Å²) >= 11 is 1.52. The number of hydrogen-bond acceptors (Lipinski definition) is 4. The van der Waals surface area contributed by atoms with Gasteiger partial charge < -0.3 is 10.6 Å². The average Bonchev–Trinajstić information content (AvgIpc) is 2.59. The monoisotopic (exact) mass is 235 g/mol. The third-order valence-corrected chi connectivity index (χ3v) is 4.13. The van der Waals surface area contributed by atoms with Gasteiger partial charge >= 0.3 is 0 Å². The Kier molecular flexibility index (Phi) is 3.68. The second-order valence-electron chi connectivity index (χ2n) is 4.24. The molecule has 0 aliphatic carbocycles. The molecule has 2 N–H and O–H groups in total. The van der Waals surface area contributed by atoms with Gasteiger partial charge in [-0.15, -0.1) is 11.3 Å². The SMILES string of the molecule is N#Cc1sc(N2CCCCCCC2)cc1N. The van der Waals surface area contributed by atoms with Crippen LogP contribution in [-0.2, 0) is 0 Å². The molecule has 0 saturated carbocycles. The molecule has 4 heteroatoms. The molecule has 0 radical (unpaired) electrons. The van der Waals surface area contributed by atoms with Crippen molar-refractivity contribution in [3.05, 3.63) is 10.9 Å². The van der Waals surface area contributed by atoms with Gasteiger partial charge in [0, 0.05) is 13.1 Å². The molecular weight excluding hydrogens is 218 g/mol. The molecule has 0 atom stereocenters. The fraction of sp³-hybridized carbons (Fsp3) is 0.583. The van der Waals surface area contributed by atoms with Gasteiger partial charge in [0.1, 0.15) is 10.9 Å². The van der Waals surface area contributed by atoms with E-state index in [4.69, 9.17) is 11.0 Å². The first kappa shape index (κ1) is 11.3. The molecule has 1 aromatic heterocycles. The van der Waals surface area contributed by atoms with E-state index in [1.165, 1.54) is 43.4 Å². The van der Waals surface area contributed by atoms with Crippen molar-refractivity contribution in [2.75, 3.05) is 23.7 Å². The third-order valence-electron chi connectivity index (χ3n) is 3.02. The van der Waals surface area contributed by atoms with Crippen LogP contribution in [0.25, 0.3) is 0 Å². The largest absolute Gasteiger partial charge is 0.397 e. The van der Waals surface area contributed by atoms with Crippen LogP contribution in [0.2, 0.25) is 0 Å². The molecule has 2 rings (SSSR count). The third kappa shape index (κ3) is 2.48. The molecule has 16 heavy (non-hydrogen) atoms. The highest BCUT2D eigenvalue weighted by atomic mass is 32.1. The molecule has 1 aliphatic heterocycles. The Morgan fingerprint density at radius 3 is 2.38 bits per heavy atom. The van der Waals surface area contributed by atoms with Gasteiger partial charge in [-0.25, -0.2) is 0 Å². The molecule has 1 fully saturated rings. The maximum absolute atomic E-state index is 8.89. The second kappa shape index (κ2) is 5.22. The van der Waals surface area contributed by atoms with Crippen LogP contribution in [0.1, 0.15) is 37.0 Å². The predicted molar refractivity (Wildman–Crippen MR) is 68.7 cm³/mol. The van der Waals surface area contributed by atoms with Gasteiger partial charge in [0.25, 0.3) is 0 Å². The van der Waals surface area contributed by atoms with E-state index < -0.39 is 0 Å². The Morgan fingerprint density at radius 2 is 1.81 bits per heavy atom. The lowest BCUT2D eigenvalue weighted by Gasteiger charge is -2.24.